The van der Waals surface area contributed by atoms with Gasteiger partial charge in [-0.3, -0.25) is 9.59 Å². The molecule has 6 nitrogen and oxygen atoms in total. The largest absolute Gasteiger partial charge is 0.493 e. The first kappa shape index (κ1) is 23.7. The smallest absolute Gasteiger partial charge is 0.291 e. The van der Waals surface area contributed by atoms with E-state index in [1.807, 2.05) is 67.6 Å². The summed E-state index contributed by atoms with van der Waals surface area (Å²) in [5, 5.41) is 0.472. The van der Waals surface area contributed by atoms with Gasteiger partial charge in [-0.1, -0.05) is 61.4 Å². The van der Waals surface area contributed by atoms with Crippen molar-refractivity contribution in [2.24, 2.45) is 0 Å². The molecule has 2 heterocycles. The topological polar surface area (TPSA) is 69.0 Å². The molecule has 0 radical (unpaired) electrons. The molecule has 0 saturated heterocycles. The Kier molecular flexibility index (Phi) is 6.51. The van der Waals surface area contributed by atoms with Gasteiger partial charge in [-0.15, -0.1) is 0 Å². The second-order valence-electron chi connectivity index (χ2n) is 9.11. The number of hydrogen-bond donors (Lipinski definition) is 0. The molecule has 1 amide bonds. The van der Waals surface area contributed by atoms with Crippen LogP contribution in [0.15, 0.2) is 75.9 Å². The summed E-state index contributed by atoms with van der Waals surface area (Å²) in [5.74, 6) is 0.986. The van der Waals surface area contributed by atoms with Gasteiger partial charge in [0.1, 0.15) is 5.58 Å². The maximum absolute atomic E-state index is 13.8. The van der Waals surface area contributed by atoms with E-state index in [-0.39, 0.29) is 17.1 Å². The van der Waals surface area contributed by atoms with Gasteiger partial charge in [0, 0.05) is 6.54 Å². The Bertz CT molecular complexity index is 1470. The summed E-state index contributed by atoms with van der Waals surface area (Å²) in [6, 6.07) is 20.2. The third kappa shape index (κ3) is 4.24. The van der Waals surface area contributed by atoms with E-state index in [0.717, 1.165) is 29.5 Å². The predicted molar refractivity (Wildman–Crippen MR) is 139 cm³/mol. The van der Waals surface area contributed by atoms with Crippen LogP contribution in [-0.2, 0) is 6.54 Å². The van der Waals surface area contributed by atoms with Crippen LogP contribution < -0.4 is 14.9 Å². The first-order valence-corrected chi connectivity index (χ1v) is 12.2. The highest BCUT2D eigenvalue weighted by molar-refractivity contribution is 5.99. The highest BCUT2D eigenvalue weighted by Gasteiger charge is 2.43. The molecule has 1 aliphatic heterocycles. The van der Waals surface area contributed by atoms with Gasteiger partial charge in [-0.2, -0.15) is 0 Å². The molecule has 1 aliphatic rings. The van der Waals surface area contributed by atoms with Gasteiger partial charge >= 0.3 is 0 Å². The zero-order valence-electron chi connectivity index (χ0n) is 20.7. The molecule has 0 spiro atoms. The molecule has 1 aromatic heterocycles. The van der Waals surface area contributed by atoms with Crippen molar-refractivity contribution in [3.63, 3.8) is 0 Å². The van der Waals surface area contributed by atoms with E-state index in [9.17, 15) is 9.59 Å². The van der Waals surface area contributed by atoms with Crippen molar-refractivity contribution in [1.29, 1.82) is 0 Å². The van der Waals surface area contributed by atoms with Crippen molar-refractivity contribution in [1.82, 2.24) is 4.90 Å². The molecule has 36 heavy (non-hydrogen) atoms. The Morgan fingerprint density at radius 2 is 1.78 bits per heavy atom. The summed E-state index contributed by atoms with van der Waals surface area (Å²) >= 11 is 0. The molecular formula is C30H29NO5. The van der Waals surface area contributed by atoms with Crippen LogP contribution in [0.3, 0.4) is 0 Å². The number of carbonyl (C=O) groups excluding carboxylic acids is 1. The van der Waals surface area contributed by atoms with Crippen LogP contribution in [0.4, 0.5) is 0 Å². The maximum Gasteiger partial charge on any atom is 0.291 e. The standard InChI is InChI=1S/C30H29NO5/c1-4-5-15-35-24-14-12-21(17-25(24)34-3)27-26-28(32)22-16-19(2)11-13-23(22)36-29(26)30(33)31(27)18-20-9-7-6-8-10-20/h6-14,16-17,27H,4-5,15,18H2,1-3H3. The quantitative estimate of drug-likeness (QED) is 0.286. The van der Waals surface area contributed by atoms with Crippen LogP contribution >= 0.6 is 0 Å². The fraction of sp³-hybridized carbons (Fsp3) is 0.267. The van der Waals surface area contributed by atoms with Crippen LogP contribution in [0.25, 0.3) is 11.0 Å². The highest BCUT2D eigenvalue weighted by Crippen LogP contribution is 2.41. The second kappa shape index (κ2) is 9.90. The minimum atomic E-state index is -0.618. The fourth-order valence-electron chi connectivity index (χ4n) is 4.72. The summed E-state index contributed by atoms with van der Waals surface area (Å²) in [6.07, 6.45) is 1.97. The molecule has 1 unspecified atom stereocenters. The molecular weight excluding hydrogens is 454 g/mol. The number of hydrogen-bond acceptors (Lipinski definition) is 5. The normalized spacial score (nSPS) is 14.8. The molecule has 1 atom stereocenters. The molecule has 184 valence electrons. The Hall–Kier alpha value is -4.06. The van der Waals surface area contributed by atoms with Gasteiger partial charge < -0.3 is 18.8 Å². The van der Waals surface area contributed by atoms with Crippen molar-refractivity contribution < 1.29 is 18.7 Å². The third-order valence-electron chi connectivity index (χ3n) is 6.58. The van der Waals surface area contributed by atoms with Gasteiger partial charge in [0.05, 0.1) is 30.7 Å². The molecule has 0 fully saturated rings. The molecule has 4 aromatic rings. The number of ether oxygens (including phenoxy) is 2. The lowest BCUT2D eigenvalue weighted by atomic mass is 9.97. The lowest BCUT2D eigenvalue weighted by molar-refractivity contribution is 0.0714. The number of aryl methyl sites for hydroxylation is 1. The van der Waals surface area contributed by atoms with Gasteiger partial charge in [-0.05, 0) is 48.7 Å². The summed E-state index contributed by atoms with van der Waals surface area (Å²) in [5.41, 5.74) is 3.25. The van der Waals surface area contributed by atoms with Crippen molar-refractivity contribution >= 4 is 16.9 Å². The number of amides is 1. The predicted octanol–water partition coefficient (Wildman–Crippen LogP) is 6.03. The van der Waals surface area contributed by atoms with Gasteiger partial charge in [0.15, 0.2) is 16.9 Å². The first-order chi connectivity index (χ1) is 17.5. The molecule has 5 rings (SSSR count). The minimum absolute atomic E-state index is 0.0968. The van der Waals surface area contributed by atoms with Crippen LogP contribution in [0.2, 0.25) is 0 Å². The number of methoxy groups -OCH3 is 1. The number of carbonyl (C=O) groups is 1. The first-order valence-electron chi connectivity index (χ1n) is 12.2. The molecule has 0 saturated carbocycles. The summed E-state index contributed by atoms with van der Waals surface area (Å²) in [7, 11) is 1.59. The van der Waals surface area contributed by atoms with Crippen LogP contribution in [0.5, 0.6) is 11.5 Å². The van der Waals surface area contributed by atoms with E-state index < -0.39 is 6.04 Å². The minimum Gasteiger partial charge on any atom is -0.493 e. The summed E-state index contributed by atoms with van der Waals surface area (Å²) in [4.78, 5) is 29.2. The Balaban J connectivity index is 1.66. The van der Waals surface area contributed by atoms with E-state index in [1.165, 1.54) is 0 Å². The van der Waals surface area contributed by atoms with Crippen molar-refractivity contribution in [3.05, 3.63) is 105 Å². The average Bonchev–Trinajstić information content (AvgIpc) is 3.17. The lowest BCUT2D eigenvalue weighted by Gasteiger charge is -2.26. The Morgan fingerprint density at radius 3 is 2.53 bits per heavy atom. The van der Waals surface area contributed by atoms with Gasteiger partial charge in [0.2, 0.25) is 5.76 Å². The van der Waals surface area contributed by atoms with E-state index in [0.29, 0.717) is 41.2 Å². The van der Waals surface area contributed by atoms with E-state index in [2.05, 4.69) is 6.92 Å². The summed E-state index contributed by atoms with van der Waals surface area (Å²) < 4.78 is 17.6. The molecule has 0 aliphatic carbocycles. The Labute approximate surface area is 210 Å². The van der Waals surface area contributed by atoms with Crippen LogP contribution in [-0.4, -0.2) is 24.5 Å². The highest BCUT2D eigenvalue weighted by atomic mass is 16.5. The maximum atomic E-state index is 13.8. The SMILES string of the molecule is CCCCOc1ccc(C2c3c(oc4ccc(C)cc4c3=O)C(=O)N2Cc2ccccc2)cc1OC. The van der Waals surface area contributed by atoms with E-state index in [1.54, 1.807) is 18.1 Å². The fourth-order valence-corrected chi connectivity index (χ4v) is 4.72. The van der Waals surface area contributed by atoms with Gasteiger partial charge in [-0.25, -0.2) is 0 Å². The third-order valence-corrected chi connectivity index (χ3v) is 6.58. The molecule has 3 aromatic carbocycles. The van der Waals surface area contributed by atoms with Crippen LogP contribution in [0, 0.1) is 6.92 Å². The summed E-state index contributed by atoms with van der Waals surface area (Å²) in [6.45, 7) is 4.96. The van der Waals surface area contributed by atoms with E-state index in [4.69, 9.17) is 13.9 Å². The zero-order valence-corrected chi connectivity index (χ0v) is 20.7. The van der Waals surface area contributed by atoms with Gasteiger partial charge in [0.25, 0.3) is 5.91 Å². The zero-order chi connectivity index (χ0) is 25.2. The van der Waals surface area contributed by atoms with Crippen molar-refractivity contribution in [2.75, 3.05) is 13.7 Å². The van der Waals surface area contributed by atoms with Crippen molar-refractivity contribution in [2.45, 2.75) is 39.3 Å². The molecule has 6 heteroatoms. The number of unbranched alkanes of at least 4 members (excludes halogenated alkanes) is 1. The number of fused-ring (bicyclic) bond motifs is 2. The molecule has 0 N–H and O–H groups in total. The number of benzene rings is 3. The number of rotatable bonds is 8. The Morgan fingerprint density at radius 1 is 0.972 bits per heavy atom. The monoisotopic (exact) mass is 483 g/mol. The molecule has 0 bridgehead atoms. The lowest BCUT2D eigenvalue weighted by Crippen LogP contribution is -2.29. The number of nitrogens with zero attached hydrogens (tertiary/aromatic N) is 1. The van der Waals surface area contributed by atoms with Crippen molar-refractivity contribution in [3.8, 4) is 11.5 Å². The average molecular weight is 484 g/mol. The van der Waals surface area contributed by atoms with Crippen LogP contribution in [0.1, 0.15) is 58.6 Å². The van der Waals surface area contributed by atoms with E-state index >= 15 is 0 Å². The second-order valence-corrected chi connectivity index (χ2v) is 9.11.